The fraction of sp³-hybridized carbons (Fsp3) is 0.600. The molecule has 2 aromatic heterocycles. The van der Waals surface area contributed by atoms with Crippen LogP contribution in [0.3, 0.4) is 0 Å². The Morgan fingerprint density at radius 1 is 1.45 bits per heavy atom. The first-order valence-corrected chi connectivity index (χ1v) is 7.67. The molecule has 118 valence electrons. The summed E-state index contributed by atoms with van der Waals surface area (Å²) in [5, 5.41) is 8.20. The van der Waals surface area contributed by atoms with Gasteiger partial charge in [-0.25, -0.2) is 0 Å². The molecule has 7 heteroatoms. The quantitative estimate of drug-likeness (QED) is 0.866. The van der Waals surface area contributed by atoms with Gasteiger partial charge in [-0.2, -0.15) is 10.1 Å². The number of piperidine rings is 1. The maximum Gasteiger partial charge on any atom is 0.274 e. The van der Waals surface area contributed by atoms with Gasteiger partial charge in [0.25, 0.3) is 5.91 Å². The van der Waals surface area contributed by atoms with E-state index in [0.29, 0.717) is 18.1 Å². The molecule has 1 amide bonds. The summed E-state index contributed by atoms with van der Waals surface area (Å²) in [5.41, 5.74) is 0.483. The molecular formula is C15H21N5O2. The lowest BCUT2D eigenvalue weighted by atomic mass is 9.97. The average Bonchev–Trinajstić information content (AvgIpc) is 3.15. The lowest BCUT2D eigenvalue weighted by Crippen LogP contribution is -2.39. The van der Waals surface area contributed by atoms with Crippen molar-refractivity contribution in [1.82, 2.24) is 24.8 Å². The predicted octanol–water partition coefficient (Wildman–Crippen LogP) is 1.95. The van der Waals surface area contributed by atoms with Crippen molar-refractivity contribution in [2.45, 2.75) is 38.5 Å². The maximum atomic E-state index is 12.5. The Labute approximate surface area is 129 Å². The fourth-order valence-corrected chi connectivity index (χ4v) is 2.70. The van der Waals surface area contributed by atoms with Crippen LogP contribution < -0.4 is 0 Å². The molecule has 1 aliphatic heterocycles. The van der Waals surface area contributed by atoms with Crippen LogP contribution in [0.15, 0.2) is 16.8 Å². The minimum Gasteiger partial charge on any atom is -0.339 e. The largest absolute Gasteiger partial charge is 0.339 e. The van der Waals surface area contributed by atoms with Crippen LogP contribution in [-0.2, 0) is 7.05 Å². The normalized spacial score (nSPS) is 18.9. The van der Waals surface area contributed by atoms with Crippen molar-refractivity contribution < 1.29 is 9.32 Å². The second kappa shape index (κ2) is 5.90. The van der Waals surface area contributed by atoms with Crippen molar-refractivity contribution in [2.24, 2.45) is 7.05 Å². The van der Waals surface area contributed by atoms with E-state index >= 15 is 0 Å². The van der Waals surface area contributed by atoms with E-state index in [4.69, 9.17) is 4.52 Å². The van der Waals surface area contributed by atoms with E-state index in [-0.39, 0.29) is 17.7 Å². The maximum absolute atomic E-state index is 12.5. The molecule has 0 N–H and O–H groups in total. The lowest BCUT2D eigenvalue weighted by Gasteiger charge is -2.30. The molecule has 0 spiro atoms. The zero-order chi connectivity index (χ0) is 15.7. The molecule has 1 saturated heterocycles. The molecule has 2 aromatic rings. The van der Waals surface area contributed by atoms with Gasteiger partial charge in [-0.15, -0.1) is 0 Å². The summed E-state index contributed by atoms with van der Waals surface area (Å²) in [4.78, 5) is 18.8. The van der Waals surface area contributed by atoms with Gasteiger partial charge in [0.15, 0.2) is 5.82 Å². The van der Waals surface area contributed by atoms with E-state index in [2.05, 4.69) is 15.2 Å². The number of hydrogen-bond donors (Lipinski definition) is 0. The van der Waals surface area contributed by atoms with Gasteiger partial charge in [0.2, 0.25) is 5.89 Å². The van der Waals surface area contributed by atoms with Crippen LogP contribution in [0.5, 0.6) is 0 Å². The second-order valence-corrected chi connectivity index (χ2v) is 6.11. The van der Waals surface area contributed by atoms with Crippen molar-refractivity contribution in [2.75, 3.05) is 13.1 Å². The summed E-state index contributed by atoms with van der Waals surface area (Å²) in [6.07, 6.45) is 3.68. The minimum atomic E-state index is -0.0334. The lowest BCUT2D eigenvalue weighted by molar-refractivity contribution is 0.0689. The van der Waals surface area contributed by atoms with Crippen LogP contribution in [-0.4, -0.2) is 43.8 Å². The van der Waals surface area contributed by atoms with Crippen LogP contribution in [0.1, 0.15) is 60.7 Å². The van der Waals surface area contributed by atoms with E-state index in [0.717, 1.165) is 25.2 Å². The van der Waals surface area contributed by atoms with Crippen LogP contribution in [0.4, 0.5) is 0 Å². The zero-order valence-corrected chi connectivity index (χ0v) is 13.2. The minimum absolute atomic E-state index is 0.0334. The first kappa shape index (κ1) is 14.7. The highest BCUT2D eigenvalue weighted by atomic mass is 16.5. The Hall–Kier alpha value is -2.18. The van der Waals surface area contributed by atoms with Gasteiger partial charge < -0.3 is 9.42 Å². The molecule has 1 atom stereocenters. The standard InChI is InChI=1S/C15H21N5O2/c1-10(2)13-16-14(22-18-13)11-5-4-7-20(9-11)15(21)12-6-8-19(3)17-12/h6,8,10-11H,4-5,7,9H2,1-3H3. The predicted molar refractivity (Wildman–Crippen MR) is 79.5 cm³/mol. The van der Waals surface area contributed by atoms with Crippen LogP contribution in [0, 0.1) is 0 Å². The van der Waals surface area contributed by atoms with Gasteiger partial charge in [-0.1, -0.05) is 19.0 Å². The van der Waals surface area contributed by atoms with Crippen LogP contribution in [0.25, 0.3) is 0 Å². The van der Waals surface area contributed by atoms with E-state index in [1.54, 1.807) is 16.9 Å². The summed E-state index contributed by atoms with van der Waals surface area (Å²) in [6.45, 7) is 5.42. The molecule has 0 radical (unpaired) electrons. The number of aryl methyl sites for hydroxylation is 1. The van der Waals surface area contributed by atoms with Gasteiger partial charge in [0.1, 0.15) is 5.69 Å². The molecule has 1 aliphatic rings. The molecule has 7 nitrogen and oxygen atoms in total. The van der Waals surface area contributed by atoms with Gasteiger partial charge in [-0.3, -0.25) is 9.48 Å². The first-order valence-electron chi connectivity index (χ1n) is 7.67. The zero-order valence-electron chi connectivity index (χ0n) is 13.2. The van der Waals surface area contributed by atoms with Gasteiger partial charge in [0, 0.05) is 32.3 Å². The number of carbonyl (C=O) groups excluding carboxylic acids is 1. The second-order valence-electron chi connectivity index (χ2n) is 6.11. The molecule has 0 aliphatic carbocycles. The summed E-state index contributed by atoms with van der Waals surface area (Å²) in [5.74, 6) is 1.69. The highest BCUT2D eigenvalue weighted by Gasteiger charge is 2.30. The molecule has 0 saturated carbocycles. The smallest absolute Gasteiger partial charge is 0.274 e. The topological polar surface area (TPSA) is 77.0 Å². The van der Waals surface area contributed by atoms with Crippen molar-refractivity contribution in [3.63, 3.8) is 0 Å². The molecule has 0 bridgehead atoms. The summed E-state index contributed by atoms with van der Waals surface area (Å²) >= 11 is 0. The third-order valence-corrected chi connectivity index (χ3v) is 3.96. The van der Waals surface area contributed by atoms with Crippen LogP contribution >= 0.6 is 0 Å². The van der Waals surface area contributed by atoms with Gasteiger partial charge in [0.05, 0.1) is 5.92 Å². The molecule has 3 rings (SSSR count). The first-order chi connectivity index (χ1) is 10.5. The molecular weight excluding hydrogens is 282 g/mol. The van der Waals surface area contributed by atoms with Crippen molar-refractivity contribution in [3.8, 4) is 0 Å². The summed E-state index contributed by atoms with van der Waals surface area (Å²) < 4.78 is 7.02. The highest BCUT2D eigenvalue weighted by molar-refractivity contribution is 5.92. The van der Waals surface area contributed by atoms with E-state index in [1.807, 2.05) is 25.8 Å². The average molecular weight is 303 g/mol. The fourth-order valence-electron chi connectivity index (χ4n) is 2.70. The van der Waals surface area contributed by atoms with Crippen molar-refractivity contribution in [3.05, 3.63) is 29.7 Å². The molecule has 3 heterocycles. The molecule has 1 fully saturated rings. The number of carbonyl (C=O) groups is 1. The van der Waals surface area contributed by atoms with Gasteiger partial charge >= 0.3 is 0 Å². The third kappa shape index (κ3) is 2.88. The SMILES string of the molecule is CC(C)c1noc(C2CCCN(C(=O)c3ccn(C)n3)C2)n1. The van der Waals surface area contributed by atoms with E-state index in [1.165, 1.54) is 0 Å². The number of aromatic nitrogens is 4. The Balaban J connectivity index is 1.72. The Bertz CT molecular complexity index is 660. The van der Waals surface area contributed by atoms with Crippen molar-refractivity contribution in [1.29, 1.82) is 0 Å². The van der Waals surface area contributed by atoms with Gasteiger partial charge in [-0.05, 0) is 18.9 Å². The number of likely N-dealkylation sites (tertiary alicyclic amines) is 1. The molecule has 0 aromatic carbocycles. The highest BCUT2D eigenvalue weighted by Crippen LogP contribution is 2.27. The Morgan fingerprint density at radius 2 is 2.27 bits per heavy atom. The summed E-state index contributed by atoms with van der Waals surface area (Å²) in [6, 6.07) is 1.75. The number of hydrogen-bond acceptors (Lipinski definition) is 5. The molecule has 1 unspecified atom stereocenters. The van der Waals surface area contributed by atoms with Crippen LogP contribution in [0.2, 0.25) is 0 Å². The molecule has 22 heavy (non-hydrogen) atoms. The number of rotatable bonds is 3. The monoisotopic (exact) mass is 303 g/mol. The van der Waals surface area contributed by atoms with E-state index < -0.39 is 0 Å². The number of amides is 1. The van der Waals surface area contributed by atoms with Crippen molar-refractivity contribution >= 4 is 5.91 Å². The Kier molecular flexibility index (Phi) is 3.96. The third-order valence-electron chi connectivity index (χ3n) is 3.96. The Morgan fingerprint density at radius 3 is 2.91 bits per heavy atom. The van der Waals surface area contributed by atoms with E-state index in [9.17, 15) is 4.79 Å². The summed E-state index contributed by atoms with van der Waals surface area (Å²) in [7, 11) is 1.81. The number of nitrogens with zero attached hydrogens (tertiary/aromatic N) is 5.